The summed E-state index contributed by atoms with van der Waals surface area (Å²) in [4.78, 5) is 22.7. The van der Waals surface area contributed by atoms with Gasteiger partial charge in [-0.2, -0.15) is 0 Å². The summed E-state index contributed by atoms with van der Waals surface area (Å²) >= 11 is 0. The summed E-state index contributed by atoms with van der Waals surface area (Å²) < 4.78 is 0. The average Bonchev–Trinajstić information content (AvgIpc) is 2.44. The molecule has 0 saturated carbocycles. The predicted octanol–water partition coefficient (Wildman–Crippen LogP) is 1.74. The fourth-order valence-electron chi connectivity index (χ4n) is 1.67. The van der Waals surface area contributed by atoms with Gasteiger partial charge in [0.1, 0.15) is 0 Å². The van der Waals surface area contributed by atoms with Crippen molar-refractivity contribution in [3.05, 3.63) is 35.4 Å². The standard InChI is InChI=1S/C15H23N3O2/c1-10(2)13-7-5-12(6-8-13)9-17-11(3)14(19)18-15(20)16-4/h5-8,10-11,17H,9H2,1-4H3,(H2,16,18,19,20). The molecule has 0 saturated heterocycles. The molecule has 110 valence electrons. The molecule has 5 nitrogen and oxygen atoms in total. The van der Waals surface area contributed by atoms with E-state index in [9.17, 15) is 9.59 Å². The van der Waals surface area contributed by atoms with Crippen LogP contribution in [0.5, 0.6) is 0 Å². The van der Waals surface area contributed by atoms with E-state index in [2.05, 4.69) is 41.9 Å². The van der Waals surface area contributed by atoms with Crippen LogP contribution < -0.4 is 16.0 Å². The van der Waals surface area contributed by atoms with Gasteiger partial charge in [0.15, 0.2) is 0 Å². The van der Waals surface area contributed by atoms with Crippen molar-refractivity contribution in [3.8, 4) is 0 Å². The largest absolute Gasteiger partial charge is 0.341 e. The van der Waals surface area contributed by atoms with Gasteiger partial charge in [-0.15, -0.1) is 0 Å². The van der Waals surface area contributed by atoms with Gasteiger partial charge in [-0.1, -0.05) is 38.1 Å². The van der Waals surface area contributed by atoms with Crippen LogP contribution in [0.4, 0.5) is 4.79 Å². The molecule has 0 aliphatic heterocycles. The summed E-state index contributed by atoms with van der Waals surface area (Å²) in [6, 6.07) is 7.35. The van der Waals surface area contributed by atoms with Crippen LogP contribution in [-0.4, -0.2) is 25.0 Å². The Morgan fingerprint density at radius 2 is 1.70 bits per heavy atom. The topological polar surface area (TPSA) is 70.2 Å². The smallest absolute Gasteiger partial charge is 0.321 e. The zero-order chi connectivity index (χ0) is 15.1. The minimum atomic E-state index is -0.495. The monoisotopic (exact) mass is 277 g/mol. The average molecular weight is 277 g/mol. The molecule has 0 aliphatic carbocycles. The van der Waals surface area contributed by atoms with Gasteiger partial charge in [0.25, 0.3) is 0 Å². The number of carbonyl (C=O) groups is 2. The molecule has 1 atom stereocenters. The molecule has 0 spiro atoms. The van der Waals surface area contributed by atoms with E-state index in [0.29, 0.717) is 12.5 Å². The number of hydrogen-bond acceptors (Lipinski definition) is 3. The number of benzene rings is 1. The van der Waals surface area contributed by atoms with Crippen molar-refractivity contribution >= 4 is 11.9 Å². The maximum atomic E-state index is 11.6. The molecule has 1 aromatic rings. The maximum absolute atomic E-state index is 11.6. The van der Waals surface area contributed by atoms with Crippen molar-refractivity contribution in [2.45, 2.75) is 39.3 Å². The van der Waals surface area contributed by atoms with Gasteiger partial charge in [-0.05, 0) is 24.0 Å². The number of amides is 3. The third kappa shape index (κ3) is 5.01. The summed E-state index contributed by atoms with van der Waals surface area (Å²) in [5.41, 5.74) is 2.40. The van der Waals surface area contributed by atoms with E-state index in [-0.39, 0.29) is 5.91 Å². The van der Waals surface area contributed by atoms with Gasteiger partial charge >= 0.3 is 6.03 Å². The van der Waals surface area contributed by atoms with Crippen LogP contribution in [0.2, 0.25) is 0 Å². The molecule has 1 aromatic carbocycles. The zero-order valence-electron chi connectivity index (χ0n) is 12.5. The van der Waals surface area contributed by atoms with Crippen molar-refractivity contribution < 1.29 is 9.59 Å². The Labute approximate surface area is 120 Å². The summed E-state index contributed by atoms with van der Waals surface area (Å²) in [6.07, 6.45) is 0. The first-order valence-corrected chi connectivity index (χ1v) is 6.78. The van der Waals surface area contributed by atoms with E-state index >= 15 is 0 Å². The Bertz CT molecular complexity index is 455. The van der Waals surface area contributed by atoms with Gasteiger partial charge in [0.05, 0.1) is 6.04 Å². The molecule has 3 N–H and O–H groups in total. The van der Waals surface area contributed by atoms with Gasteiger partial charge in [-0.3, -0.25) is 10.1 Å². The first kappa shape index (κ1) is 16.2. The summed E-state index contributed by atoms with van der Waals surface area (Å²) in [7, 11) is 1.47. The van der Waals surface area contributed by atoms with E-state index in [1.165, 1.54) is 12.6 Å². The first-order chi connectivity index (χ1) is 9.43. The normalized spacial score (nSPS) is 12.1. The lowest BCUT2D eigenvalue weighted by Gasteiger charge is -2.13. The molecule has 5 heteroatoms. The summed E-state index contributed by atoms with van der Waals surface area (Å²) in [5, 5.41) is 7.67. The van der Waals surface area contributed by atoms with Crippen molar-refractivity contribution in [2.24, 2.45) is 0 Å². The zero-order valence-corrected chi connectivity index (χ0v) is 12.5. The van der Waals surface area contributed by atoms with Crippen LogP contribution >= 0.6 is 0 Å². The Kier molecular flexibility index (Phi) is 6.18. The lowest BCUT2D eigenvalue weighted by Crippen LogP contribution is -2.47. The van der Waals surface area contributed by atoms with Gasteiger partial charge in [0.2, 0.25) is 5.91 Å². The van der Waals surface area contributed by atoms with E-state index in [4.69, 9.17) is 0 Å². The Hall–Kier alpha value is -1.88. The second-order valence-electron chi connectivity index (χ2n) is 5.07. The second kappa shape index (κ2) is 7.65. The molecule has 20 heavy (non-hydrogen) atoms. The number of urea groups is 1. The molecule has 3 amide bonds. The van der Waals surface area contributed by atoms with E-state index < -0.39 is 12.1 Å². The molecule has 0 heterocycles. The van der Waals surface area contributed by atoms with Crippen LogP contribution in [0.25, 0.3) is 0 Å². The highest BCUT2D eigenvalue weighted by molar-refractivity contribution is 5.96. The number of rotatable bonds is 5. The van der Waals surface area contributed by atoms with Crippen molar-refractivity contribution in [1.29, 1.82) is 0 Å². The van der Waals surface area contributed by atoms with Crippen molar-refractivity contribution in [1.82, 2.24) is 16.0 Å². The molecule has 0 radical (unpaired) electrons. The molecule has 1 unspecified atom stereocenters. The highest BCUT2D eigenvalue weighted by Crippen LogP contribution is 2.14. The van der Waals surface area contributed by atoms with E-state index in [0.717, 1.165) is 5.56 Å². The van der Waals surface area contributed by atoms with Crippen LogP contribution in [-0.2, 0) is 11.3 Å². The van der Waals surface area contributed by atoms with Crippen LogP contribution in [0, 0.1) is 0 Å². The second-order valence-corrected chi connectivity index (χ2v) is 5.07. The highest BCUT2D eigenvalue weighted by atomic mass is 16.2. The van der Waals surface area contributed by atoms with Crippen LogP contribution in [0.3, 0.4) is 0 Å². The maximum Gasteiger partial charge on any atom is 0.321 e. The third-order valence-electron chi connectivity index (χ3n) is 3.12. The van der Waals surface area contributed by atoms with Crippen molar-refractivity contribution in [3.63, 3.8) is 0 Å². The number of carbonyl (C=O) groups excluding carboxylic acids is 2. The lowest BCUT2D eigenvalue weighted by molar-refractivity contribution is -0.121. The van der Waals surface area contributed by atoms with Gasteiger partial charge in [0, 0.05) is 13.6 Å². The Morgan fingerprint density at radius 1 is 1.10 bits per heavy atom. The molecular formula is C15H23N3O2. The number of nitrogens with one attached hydrogen (secondary N) is 3. The number of imide groups is 1. The molecular weight excluding hydrogens is 254 g/mol. The van der Waals surface area contributed by atoms with Gasteiger partial charge in [-0.25, -0.2) is 4.79 Å². The Morgan fingerprint density at radius 3 is 2.20 bits per heavy atom. The van der Waals surface area contributed by atoms with Gasteiger partial charge < -0.3 is 10.6 Å². The van der Waals surface area contributed by atoms with Crippen LogP contribution in [0.1, 0.15) is 37.8 Å². The Balaban J connectivity index is 2.46. The minimum absolute atomic E-state index is 0.344. The molecule has 0 aliphatic rings. The first-order valence-electron chi connectivity index (χ1n) is 6.78. The molecule has 0 bridgehead atoms. The van der Waals surface area contributed by atoms with Crippen LogP contribution in [0.15, 0.2) is 24.3 Å². The van der Waals surface area contributed by atoms with Crippen molar-refractivity contribution in [2.75, 3.05) is 7.05 Å². The molecule has 1 rings (SSSR count). The third-order valence-corrected chi connectivity index (χ3v) is 3.12. The van der Waals surface area contributed by atoms with E-state index in [1.54, 1.807) is 6.92 Å². The fraction of sp³-hybridized carbons (Fsp3) is 0.467. The summed E-state index contributed by atoms with van der Waals surface area (Å²) in [6.45, 7) is 6.61. The summed E-state index contributed by atoms with van der Waals surface area (Å²) in [5.74, 6) is 0.164. The van der Waals surface area contributed by atoms with E-state index in [1.807, 2.05) is 12.1 Å². The highest BCUT2D eigenvalue weighted by Gasteiger charge is 2.14. The lowest BCUT2D eigenvalue weighted by atomic mass is 10.0. The molecule has 0 fully saturated rings. The quantitative estimate of drug-likeness (QED) is 0.768. The molecule has 0 aromatic heterocycles. The minimum Gasteiger partial charge on any atom is -0.341 e. The number of hydrogen-bond donors (Lipinski definition) is 3. The fourth-order valence-corrected chi connectivity index (χ4v) is 1.67. The SMILES string of the molecule is CNC(=O)NC(=O)C(C)NCc1ccc(C(C)C)cc1. The predicted molar refractivity (Wildman–Crippen MR) is 79.4 cm³/mol.